The second-order valence-electron chi connectivity index (χ2n) is 10.8. The quantitative estimate of drug-likeness (QED) is 0.183. The molecule has 4 aromatic rings. The largest absolute Gasteiger partial charge is 0.490 e. The van der Waals surface area contributed by atoms with Gasteiger partial charge in [-0.15, -0.1) is 0 Å². The average Bonchev–Trinajstić information content (AvgIpc) is 3.46. The molecule has 6 rings (SSSR count). The van der Waals surface area contributed by atoms with Crippen LogP contribution in [0.2, 0.25) is 0 Å². The van der Waals surface area contributed by atoms with Gasteiger partial charge >= 0.3 is 0 Å². The molecule has 4 nitrogen and oxygen atoms in total. The summed E-state index contributed by atoms with van der Waals surface area (Å²) in [5.74, 6) is 2.49. The molecular weight excluding hydrogens is 492 g/mol. The maximum Gasteiger partial charge on any atom is 0.161 e. The van der Waals surface area contributed by atoms with Gasteiger partial charge in [0.25, 0.3) is 0 Å². The standard InChI is InChI=1S/C36H36N2O2/c1-4-39-35-21-26(12-17-34(35)40-23-27-19-24(2)18-25(3)20-27)22-37-29-15-13-28(14-16-29)36-32-10-7-9-30(32)31-8-5-6-11-33(31)38-36/h5-9,11-22,30,32,36,38H,4,10,23H2,1-3H3/t30-,32+,36-/m0/s1. The summed E-state index contributed by atoms with van der Waals surface area (Å²) in [6.45, 7) is 7.27. The van der Waals surface area contributed by atoms with Crippen LogP contribution in [0, 0.1) is 19.8 Å². The van der Waals surface area contributed by atoms with Crippen LogP contribution in [-0.2, 0) is 6.61 Å². The lowest BCUT2D eigenvalue weighted by Gasteiger charge is -2.37. The van der Waals surface area contributed by atoms with Crippen LogP contribution in [0.3, 0.4) is 0 Å². The van der Waals surface area contributed by atoms with Crippen LogP contribution < -0.4 is 14.8 Å². The summed E-state index contributed by atoms with van der Waals surface area (Å²) < 4.78 is 12.1. The maximum absolute atomic E-state index is 6.15. The van der Waals surface area contributed by atoms with Crippen LogP contribution in [0.1, 0.15) is 58.7 Å². The fraction of sp³-hybridized carbons (Fsp3) is 0.250. The summed E-state index contributed by atoms with van der Waals surface area (Å²) in [4.78, 5) is 4.75. The van der Waals surface area contributed by atoms with E-state index in [4.69, 9.17) is 14.5 Å². The zero-order valence-corrected chi connectivity index (χ0v) is 23.4. The number of rotatable bonds is 8. The third-order valence-electron chi connectivity index (χ3n) is 7.83. The molecular formula is C36H36N2O2. The van der Waals surface area contributed by atoms with Crippen molar-refractivity contribution in [1.29, 1.82) is 0 Å². The van der Waals surface area contributed by atoms with Crippen molar-refractivity contribution in [3.63, 3.8) is 0 Å². The predicted octanol–water partition coefficient (Wildman–Crippen LogP) is 8.86. The Morgan fingerprint density at radius 2 is 1.68 bits per heavy atom. The van der Waals surface area contributed by atoms with Gasteiger partial charge in [0.05, 0.1) is 18.3 Å². The molecule has 1 aliphatic carbocycles. The first-order valence-electron chi connectivity index (χ1n) is 14.2. The van der Waals surface area contributed by atoms with Crippen molar-refractivity contribution in [3.8, 4) is 11.5 Å². The number of allylic oxidation sites excluding steroid dienone is 2. The Kier molecular flexibility index (Phi) is 7.41. The van der Waals surface area contributed by atoms with Gasteiger partial charge in [-0.1, -0.05) is 71.8 Å². The number of nitrogens with one attached hydrogen (secondary N) is 1. The summed E-state index contributed by atoms with van der Waals surface area (Å²) in [6, 6.07) is 30.1. The Bertz CT molecular complexity index is 1530. The summed E-state index contributed by atoms with van der Waals surface area (Å²) in [5, 5.41) is 3.81. The molecule has 2 aliphatic rings. The van der Waals surface area contributed by atoms with Gasteiger partial charge in [0.2, 0.25) is 0 Å². The van der Waals surface area contributed by atoms with Crippen LogP contribution in [0.5, 0.6) is 11.5 Å². The number of aryl methyl sites for hydroxylation is 2. The highest BCUT2D eigenvalue weighted by Gasteiger charge is 2.37. The van der Waals surface area contributed by atoms with Gasteiger partial charge in [-0.25, -0.2) is 0 Å². The Morgan fingerprint density at radius 3 is 2.48 bits per heavy atom. The number of ether oxygens (including phenoxy) is 2. The lowest BCUT2D eigenvalue weighted by Crippen LogP contribution is -2.28. The van der Waals surface area contributed by atoms with Crippen LogP contribution in [0.15, 0.2) is 102 Å². The van der Waals surface area contributed by atoms with Gasteiger partial charge < -0.3 is 14.8 Å². The first kappa shape index (κ1) is 25.9. The first-order valence-corrected chi connectivity index (χ1v) is 14.2. The van der Waals surface area contributed by atoms with E-state index in [0.29, 0.717) is 25.0 Å². The highest BCUT2D eigenvalue weighted by Crippen LogP contribution is 2.49. The van der Waals surface area contributed by atoms with Crippen molar-refractivity contribution in [2.45, 2.75) is 45.8 Å². The number of aliphatic imine (C=N–C) groups is 1. The van der Waals surface area contributed by atoms with Crippen molar-refractivity contribution in [1.82, 2.24) is 0 Å². The number of hydrogen-bond acceptors (Lipinski definition) is 4. The van der Waals surface area contributed by atoms with Crippen molar-refractivity contribution >= 4 is 17.6 Å². The van der Waals surface area contributed by atoms with Crippen LogP contribution in [0.4, 0.5) is 11.4 Å². The summed E-state index contributed by atoms with van der Waals surface area (Å²) >= 11 is 0. The minimum atomic E-state index is 0.290. The smallest absolute Gasteiger partial charge is 0.161 e. The number of anilines is 1. The van der Waals surface area contributed by atoms with E-state index in [1.807, 2.05) is 31.3 Å². The fourth-order valence-electron chi connectivity index (χ4n) is 6.10. The molecule has 0 spiro atoms. The van der Waals surface area contributed by atoms with Gasteiger partial charge in [-0.2, -0.15) is 0 Å². The maximum atomic E-state index is 6.15. The van der Waals surface area contributed by atoms with E-state index in [-0.39, 0.29) is 6.04 Å². The van der Waals surface area contributed by atoms with Gasteiger partial charge in [0, 0.05) is 17.8 Å². The fourth-order valence-corrected chi connectivity index (χ4v) is 6.10. The molecule has 202 valence electrons. The van der Waals surface area contributed by atoms with E-state index in [9.17, 15) is 0 Å². The van der Waals surface area contributed by atoms with E-state index in [2.05, 4.69) is 98.0 Å². The van der Waals surface area contributed by atoms with Crippen LogP contribution in [-0.4, -0.2) is 12.8 Å². The highest BCUT2D eigenvalue weighted by molar-refractivity contribution is 5.83. The monoisotopic (exact) mass is 528 g/mol. The summed E-state index contributed by atoms with van der Waals surface area (Å²) in [7, 11) is 0. The molecule has 0 unspecified atom stereocenters. The molecule has 0 saturated carbocycles. The molecule has 0 amide bonds. The van der Waals surface area contributed by atoms with Gasteiger partial charge in [-0.3, -0.25) is 4.99 Å². The SMILES string of the molecule is CCOc1cc(C=Nc2ccc([C@@H]3Nc4ccccc4[C@@H]4C=CC[C@H]43)cc2)ccc1OCc1cc(C)cc(C)c1. The highest BCUT2D eigenvalue weighted by atomic mass is 16.5. The second-order valence-corrected chi connectivity index (χ2v) is 10.8. The minimum Gasteiger partial charge on any atom is -0.490 e. The predicted molar refractivity (Wildman–Crippen MR) is 164 cm³/mol. The molecule has 0 saturated heterocycles. The molecule has 1 heterocycles. The Labute approximate surface area is 237 Å². The molecule has 1 aliphatic heterocycles. The molecule has 4 heteroatoms. The molecule has 0 aromatic heterocycles. The normalized spacial score (nSPS) is 19.2. The molecule has 0 radical (unpaired) electrons. The molecule has 4 aromatic carbocycles. The molecule has 3 atom stereocenters. The van der Waals surface area contributed by atoms with E-state index in [1.165, 1.54) is 27.9 Å². The van der Waals surface area contributed by atoms with Crippen molar-refractivity contribution in [3.05, 3.63) is 130 Å². The van der Waals surface area contributed by atoms with E-state index in [1.54, 1.807) is 0 Å². The van der Waals surface area contributed by atoms with Gasteiger partial charge in [-0.05, 0) is 91.8 Å². The number of fused-ring (bicyclic) bond motifs is 3. The Morgan fingerprint density at radius 1 is 0.875 bits per heavy atom. The van der Waals surface area contributed by atoms with E-state index in [0.717, 1.165) is 34.7 Å². The van der Waals surface area contributed by atoms with E-state index >= 15 is 0 Å². The summed E-state index contributed by atoms with van der Waals surface area (Å²) in [5.41, 5.74) is 9.48. The number of nitrogens with zero attached hydrogens (tertiary/aromatic N) is 1. The zero-order valence-electron chi connectivity index (χ0n) is 23.4. The molecule has 40 heavy (non-hydrogen) atoms. The van der Waals surface area contributed by atoms with Crippen molar-refractivity contribution < 1.29 is 9.47 Å². The topological polar surface area (TPSA) is 42.8 Å². The van der Waals surface area contributed by atoms with Gasteiger partial charge in [0.1, 0.15) is 6.61 Å². The minimum absolute atomic E-state index is 0.290. The Balaban J connectivity index is 1.15. The summed E-state index contributed by atoms with van der Waals surface area (Å²) in [6.07, 6.45) is 7.70. The van der Waals surface area contributed by atoms with Crippen molar-refractivity contribution in [2.24, 2.45) is 10.9 Å². The number of benzene rings is 4. The average molecular weight is 529 g/mol. The number of para-hydroxylation sites is 1. The molecule has 0 bridgehead atoms. The van der Waals surface area contributed by atoms with Crippen LogP contribution >= 0.6 is 0 Å². The number of hydrogen-bond donors (Lipinski definition) is 1. The Hall–Kier alpha value is -4.31. The van der Waals surface area contributed by atoms with E-state index < -0.39 is 0 Å². The molecule has 0 fully saturated rings. The lowest BCUT2D eigenvalue weighted by atomic mass is 9.77. The van der Waals surface area contributed by atoms with Crippen molar-refractivity contribution in [2.75, 3.05) is 11.9 Å². The lowest BCUT2D eigenvalue weighted by molar-refractivity contribution is 0.269. The van der Waals surface area contributed by atoms with Crippen LogP contribution in [0.25, 0.3) is 0 Å². The molecule has 1 N–H and O–H groups in total. The third kappa shape index (κ3) is 5.53. The third-order valence-corrected chi connectivity index (χ3v) is 7.83. The van der Waals surface area contributed by atoms with Gasteiger partial charge in [0.15, 0.2) is 11.5 Å². The second kappa shape index (κ2) is 11.4. The zero-order chi connectivity index (χ0) is 27.5. The first-order chi connectivity index (χ1) is 19.6.